The van der Waals surface area contributed by atoms with Crippen LogP contribution in [0.2, 0.25) is 0 Å². The highest BCUT2D eigenvalue weighted by molar-refractivity contribution is 5.69. The first-order valence-electron chi connectivity index (χ1n) is 8.59. The second-order valence-electron chi connectivity index (χ2n) is 7.59. The maximum absolute atomic E-state index is 12.4. The molecule has 0 saturated carbocycles. The lowest BCUT2D eigenvalue weighted by atomic mass is 10.1. The minimum absolute atomic E-state index is 0.0371. The van der Waals surface area contributed by atoms with Gasteiger partial charge >= 0.3 is 6.09 Å². The van der Waals surface area contributed by atoms with Gasteiger partial charge in [0.1, 0.15) is 17.7 Å². The fraction of sp³-hybridized carbons (Fsp3) is 0.647. The average molecular weight is 346 g/mol. The van der Waals surface area contributed by atoms with Crippen LogP contribution in [0.1, 0.15) is 39.0 Å². The fourth-order valence-corrected chi connectivity index (χ4v) is 3.13. The number of aromatic nitrogens is 4. The van der Waals surface area contributed by atoms with Crippen molar-refractivity contribution in [2.45, 2.75) is 53.2 Å². The Kier molecular flexibility index (Phi) is 4.30. The molecule has 0 aliphatic carbocycles. The van der Waals surface area contributed by atoms with Gasteiger partial charge in [0.05, 0.1) is 0 Å². The molecule has 8 nitrogen and oxygen atoms in total. The van der Waals surface area contributed by atoms with E-state index >= 15 is 0 Å². The summed E-state index contributed by atoms with van der Waals surface area (Å²) in [4.78, 5) is 25.1. The van der Waals surface area contributed by atoms with Gasteiger partial charge in [-0.05, 0) is 41.5 Å². The van der Waals surface area contributed by atoms with Crippen LogP contribution in [0.5, 0.6) is 0 Å². The van der Waals surface area contributed by atoms with Crippen molar-refractivity contribution in [1.82, 2.24) is 24.5 Å². The number of aryl methyl sites for hydroxylation is 1. The van der Waals surface area contributed by atoms with Gasteiger partial charge in [-0.3, -0.25) is 0 Å². The minimum Gasteiger partial charge on any atom is -0.444 e. The molecule has 0 bridgehead atoms. The molecule has 1 aliphatic rings. The minimum atomic E-state index is -0.486. The number of nitrogens with zero attached hydrogens (tertiary/aromatic N) is 6. The van der Waals surface area contributed by atoms with E-state index in [-0.39, 0.29) is 12.1 Å². The number of amides is 1. The highest BCUT2D eigenvalue weighted by Crippen LogP contribution is 2.25. The summed E-state index contributed by atoms with van der Waals surface area (Å²) in [5, 5.41) is 4.32. The van der Waals surface area contributed by atoms with Crippen LogP contribution in [0, 0.1) is 13.8 Å². The molecule has 0 radical (unpaired) electrons. The van der Waals surface area contributed by atoms with Crippen molar-refractivity contribution < 1.29 is 9.53 Å². The molecule has 136 valence electrons. The number of anilines is 1. The van der Waals surface area contributed by atoms with E-state index in [1.807, 2.05) is 41.5 Å². The van der Waals surface area contributed by atoms with E-state index < -0.39 is 5.60 Å². The summed E-state index contributed by atoms with van der Waals surface area (Å²) in [7, 11) is 0. The molecule has 3 rings (SSSR count). The van der Waals surface area contributed by atoms with Crippen molar-refractivity contribution in [1.29, 1.82) is 0 Å². The van der Waals surface area contributed by atoms with E-state index in [4.69, 9.17) is 4.74 Å². The maximum Gasteiger partial charge on any atom is 0.410 e. The number of carbonyl (C=O) groups excluding carboxylic acids is 1. The lowest BCUT2D eigenvalue weighted by Crippen LogP contribution is -2.55. The summed E-state index contributed by atoms with van der Waals surface area (Å²) in [5.74, 6) is 1.59. The van der Waals surface area contributed by atoms with Crippen molar-refractivity contribution in [2.24, 2.45) is 0 Å². The lowest BCUT2D eigenvalue weighted by Gasteiger charge is -2.41. The molecule has 1 fully saturated rings. The van der Waals surface area contributed by atoms with Crippen molar-refractivity contribution in [3.63, 3.8) is 0 Å². The van der Waals surface area contributed by atoms with Gasteiger partial charge in [0.25, 0.3) is 5.78 Å². The molecule has 1 saturated heterocycles. The van der Waals surface area contributed by atoms with E-state index in [1.54, 1.807) is 9.42 Å². The molecular formula is C17H26N6O2. The number of fused-ring (bicyclic) bond motifs is 1. The van der Waals surface area contributed by atoms with Gasteiger partial charge < -0.3 is 14.5 Å². The zero-order valence-electron chi connectivity index (χ0n) is 15.8. The lowest BCUT2D eigenvalue weighted by molar-refractivity contribution is 0.0158. The zero-order valence-corrected chi connectivity index (χ0v) is 15.8. The largest absolute Gasteiger partial charge is 0.444 e. The predicted molar refractivity (Wildman–Crippen MR) is 94.9 cm³/mol. The van der Waals surface area contributed by atoms with Gasteiger partial charge in [-0.1, -0.05) is 0 Å². The van der Waals surface area contributed by atoms with Gasteiger partial charge in [0, 0.05) is 36.9 Å². The average Bonchev–Trinajstić information content (AvgIpc) is 2.93. The second kappa shape index (κ2) is 6.16. The van der Waals surface area contributed by atoms with E-state index in [0.717, 1.165) is 17.1 Å². The van der Waals surface area contributed by atoms with Crippen LogP contribution in [0.4, 0.5) is 10.6 Å². The highest BCUT2D eigenvalue weighted by Gasteiger charge is 2.32. The monoisotopic (exact) mass is 346 g/mol. The third kappa shape index (κ3) is 3.38. The SMILES string of the molecule is Cc1nc2ncnn2c(N2CCN(C(=O)OC(C)(C)C)[C@H](C)C2)c1C. The van der Waals surface area contributed by atoms with Gasteiger partial charge in [0.2, 0.25) is 0 Å². The van der Waals surface area contributed by atoms with Gasteiger partial charge in [0.15, 0.2) is 0 Å². The molecule has 2 aromatic heterocycles. The number of rotatable bonds is 1. The van der Waals surface area contributed by atoms with Crippen LogP contribution in [0.15, 0.2) is 6.33 Å². The molecule has 8 heteroatoms. The van der Waals surface area contributed by atoms with Crippen LogP contribution in [0.3, 0.4) is 0 Å². The standard InChI is InChI=1S/C17H26N6O2/c1-11-9-21(7-8-22(11)16(24)25-17(4,5)6)14-12(2)13(3)20-15-18-10-19-23(14)15/h10-11H,7-9H2,1-6H3/t11-/m1/s1. The molecule has 25 heavy (non-hydrogen) atoms. The summed E-state index contributed by atoms with van der Waals surface area (Å²) in [6.07, 6.45) is 1.26. The molecule has 1 aliphatic heterocycles. The molecule has 0 aromatic carbocycles. The smallest absolute Gasteiger partial charge is 0.410 e. The van der Waals surface area contributed by atoms with Crippen molar-refractivity contribution in [3.8, 4) is 0 Å². The Morgan fingerprint density at radius 3 is 2.64 bits per heavy atom. The topological polar surface area (TPSA) is 75.9 Å². The second-order valence-corrected chi connectivity index (χ2v) is 7.59. The molecule has 1 atom stereocenters. The predicted octanol–water partition coefficient (Wildman–Crippen LogP) is 2.19. The van der Waals surface area contributed by atoms with Crippen LogP contribution in [-0.4, -0.2) is 61.9 Å². The quantitative estimate of drug-likeness (QED) is 0.788. The summed E-state index contributed by atoms with van der Waals surface area (Å²) >= 11 is 0. The maximum atomic E-state index is 12.4. The van der Waals surface area contributed by atoms with Gasteiger partial charge in [-0.25, -0.2) is 9.78 Å². The normalized spacial score (nSPS) is 18.7. The van der Waals surface area contributed by atoms with E-state index in [0.29, 0.717) is 25.4 Å². The zero-order chi connectivity index (χ0) is 18.4. The van der Waals surface area contributed by atoms with Crippen LogP contribution in [0.25, 0.3) is 5.78 Å². The van der Waals surface area contributed by atoms with Crippen LogP contribution >= 0.6 is 0 Å². The third-order valence-corrected chi connectivity index (χ3v) is 4.43. The van der Waals surface area contributed by atoms with Crippen molar-refractivity contribution >= 4 is 17.7 Å². The summed E-state index contributed by atoms with van der Waals surface area (Å²) in [5.41, 5.74) is 1.54. The Balaban J connectivity index is 1.83. The van der Waals surface area contributed by atoms with Gasteiger partial charge in [-0.15, -0.1) is 0 Å². The van der Waals surface area contributed by atoms with Gasteiger partial charge in [-0.2, -0.15) is 14.6 Å². The molecule has 0 N–H and O–H groups in total. The third-order valence-electron chi connectivity index (χ3n) is 4.43. The van der Waals surface area contributed by atoms with E-state index in [1.165, 1.54) is 6.33 Å². The Labute approximate surface area is 147 Å². The Morgan fingerprint density at radius 2 is 2.00 bits per heavy atom. The summed E-state index contributed by atoms with van der Waals surface area (Å²) in [6, 6.07) is 0.0371. The molecule has 2 aromatic rings. The first kappa shape index (κ1) is 17.4. The Morgan fingerprint density at radius 1 is 1.28 bits per heavy atom. The van der Waals surface area contributed by atoms with Crippen LogP contribution < -0.4 is 4.90 Å². The number of ether oxygens (including phenoxy) is 1. The van der Waals surface area contributed by atoms with E-state index in [2.05, 4.69) is 20.0 Å². The van der Waals surface area contributed by atoms with E-state index in [9.17, 15) is 4.79 Å². The molecular weight excluding hydrogens is 320 g/mol. The highest BCUT2D eigenvalue weighted by atomic mass is 16.6. The Bertz CT molecular complexity index is 794. The van der Waals surface area contributed by atoms with Crippen LogP contribution in [-0.2, 0) is 4.74 Å². The number of carbonyl (C=O) groups is 1. The fourth-order valence-electron chi connectivity index (χ4n) is 3.13. The molecule has 3 heterocycles. The van der Waals surface area contributed by atoms with Crippen molar-refractivity contribution in [3.05, 3.63) is 17.6 Å². The summed E-state index contributed by atoms with van der Waals surface area (Å²) < 4.78 is 7.30. The molecule has 1 amide bonds. The molecule has 0 spiro atoms. The number of piperazine rings is 1. The molecule has 0 unspecified atom stereocenters. The summed E-state index contributed by atoms with van der Waals surface area (Å²) in [6.45, 7) is 13.7. The first-order chi connectivity index (χ1) is 11.7. The first-order valence-corrected chi connectivity index (χ1v) is 8.59. The van der Waals surface area contributed by atoms with Crippen molar-refractivity contribution in [2.75, 3.05) is 24.5 Å². The number of hydrogen-bond donors (Lipinski definition) is 0. The number of hydrogen-bond acceptors (Lipinski definition) is 6. The Hall–Kier alpha value is -2.38.